The minimum atomic E-state index is 0.219. The van der Waals surface area contributed by atoms with Gasteiger partial charge >= 0.3 is 0 Å². The van der Waals surface area contributed by atoms with Gasteiger partial charge in [-0.2, -0.15) is 0 Å². The summed E-state index contributed by atoms with van der Waals surface area (Å²) in [6.07, 6.45) is 4.91. The van der Waals surface area contributed by atoms with Crippen molar-refractivity contribution in [1.29, 1.82) is 0 Å². The van der Waals surface area contributed by atoms with E-state index >= 15 is 0 Å². The molecular weight excluding hydrogens is 266 g/mol. The van der Waals surface area contributed by atoms with Gasteiger partial charge in [-0.25, -0.2) is 4.98 Å². The quantitative estimate of drug-likeness (QED) is 0.617. The average Bonchev–Trinajstić information content (AvgIpc) is 2.89. The number of methoxy groups -OCH3 is 1. The van der Waals surface area contributed by atoms with Crippen molar-refractivity contribution in [3.05, 3.63) is 36.3 Å². The summed E-state index contributed by atoms with van der Waals surface area (Å²) in [6, 6.07) is 6.22. The fraction of sp³-hybridized carbons (Fsp3) is 0.467. The Bertz CT molecular complexity index is 560. The highest BCUT2D eigenvalue weighted by Crippen LogP contribution is 2.04. The van der Waals surface area contributed by atoms with Crippen molar-refractivity contribution in [3.8, 4) is 0 Å². The predicted molar refractivity (Wildman–Crippen MR) is 84.7 cm³/mol. The molecule has 6 nitrogen and oxygen atoms in total. The molecular formula is C15H23N5O. The maximum absolute atomic E-state index is 5.10. The van der Waals surface area contributed by atoms with Crippen molar-refractivity contribution in [3.63, 3.8) is 0 Å². The van der Waals surface area contributed by atoms with Crippen LogP contribution in [0.2, 0.25) is 0 Å². The molecule has 114 valence electrons. The van der Waals surface area contributed by atoms with Crippen molar-refractivity contribution in [1.82, 2.24) is 20.0 Å². The Morgan fingerprint density at radius 1 is 1.48 bits per heavy atom. The normalized spacial score (nSPS) is 13.4. The van der Waals surface area contributed by atoms with Gasteiger partial charge in [0.05, 0.1) is 12.3 Å². The molecule has 6 heteroatoms. The van der Waals surface area contributed by atoms with Crippen LogP contribution in [0, 0.1) is 0 Å². The van der Waals surface area contributed by atoms with Crippen molar-refractivity contribution >= 4 is 11.6 Å². The zero-order chi connectivity index (χ0) is 15.1. The minimum Gasteiger partial charge on any atom is -0.383 e. The van der Waals surface area contributed by atoms with Crippen LogP contribution in [0.25, 0.3) is 5.65 Å². The van der Waals surface area contributed by atoms with Gasteiger partial charge in [0.25, 0.3) is 0 Å². The SMILES string of the molecule is CN=C(NCCc1cn2ccccc2n1)NC(C)COC. The van der Waals surface area contributed by atoms with Gasteiger partial charge in [0.1, 0.15) is 5.65 Å². The molecule has 1 unspecified atom stereocenters. The van der Waals surface area contributed by atoms with Gasteiger partial charge in [-0.05, 0) is 19.1 Å². The van der Waals surface area contributed by atoms with Gasteiger partial charge in [-0.3, -0.25) is 4.99 Å². The summed E-state index contributed by atoms with van der Waals surface area (Å²) < 4.78 is 7.13. The average molecular weight is 289 g/mol. The van der Waals surface area contributed by atoms with Gasteiger partial charge in [-0.1, -0.05) is 6.07 Å². The van der Waals surface area contributed by atoms with Crippen LogP contribution >= 0.6 is 0 Å². The molecule has 2 N–H and O–H groups in total. The number of hydrogen-bond donors (Lipinski definition) is 2. The highest BCUT2D eigenvalue weighted by Gasteiger charge is 2.05. The first kappa shape index (κ1) is 15.3. The standard InChI is InChI=1S/C15H23N5O/c1-12(11-21-3)18-15(16-2)17-8-7-13-10-20-9-5-4-6-14(20)19-13/h4-6,9-10,12H,7-8,11H2,1-3H3,(H2,16,17,18). The molecule has 0 fully saturated rings. The van der Waals surface area contributed by atoms with Crippen LogP contribution in [0.5, 0.6) is 0 Å². The number of nitrogens with one attached hydrogen (secondary N) is 2. The van der Waals surface area contributed by atoms with Crippen LogP contribution < -0.4 is 10.6 Å². The van der Waals surface area contributed by atoms with Crippen LogP contribution in [0.4, 0.5) is 0 Å². The number of pyridine rings is 1. The monoisotopic (exact) mass is 289 g/mol. The van der Waals surface area contributed by atoms with Crippen molar-refractivity contribution in [2.45, 2.75) is 19.4 Å². The second-order valence-corrected chi connectivity index (χ2v) is 4.95. The summed E-state index contributed by atoms with van der Waals surface area (Å²) in [7, 11) is 3.46. The summed E-state index contributed by atoms with van der Waals surface area (Å²) >= 11 is 0. The zero-order valence-electron chi connectivity index (χ0n) is 12.8. The van der Waals surface area contributed by atoms with Crippen LogP contribution in [-0.2, 0) is 11.2 Å². The van der Waals surface area contributed by atoms with E-state index in [2.05, 4.69) is 33.7 Å². The van der Waals surface area contributed by atoms with E-state index in [0.29, 0.717) is 6.61 Å². The second-order valence-electron chi connectivity index (χ2n) is 4.95. The number of aliphatic imine (C=N–C) groups is 1. The fourth-order valence-electron chi connectivity index (χ4n) is 2.14. The summed E-state index contributed by atoms with van der Waals surface area (Å²) in [5, 5.41) is 6.55. The Morgan fingerprint density at radius 2 is 2.33 bits per heavy atom. The van der Waals surface area contributed by atoms with Crippen LogP contribution in [-0.4, -0.2) is 48.7 Å². The van der Waals surface area contributed by atoms with E-state index in [9.17, 15) is 0 Å². The lowest BCUT2D eigenvalue weighted by atomic mass is 10.3. The van der Waals surface area contributed by atoms with E-state index < -0.39 is 0 Å². The Hall–Kier alpha value is -2.08. The molecule has 0 amide bonds. The number of guanidine groups is 1. The van der Waals surface area contributed by atoms with Crippen LogP contribution in [0.15, 0.2) is 35.6 Å². The lowest BCUT2D eigenvalue weighted by molar-refractivity contribution is 0.179. The van der Waals surface area contributed by atoms with Gasteiger partial charge in [0.15, 0.2) is 5.96 Å². The number of ether oxygens (including phenoxy) is 1. The Balaban J connectivity index is 1.82. The third-order valence-corrected chi connectivity index (χ3v) is 3.11. The summed E-state index contributed by atoms with van der Waals surface area (Å²) in [5.74, 6) is 0.781. The molecule has 0 aliphatic rings. The topological polar surface area (TPSA) is 63.0 Å². The van der Waals surface area contributed by atoms with E-state index in [0.717, 1.165) is 30.3 Å². The molecule has 0 spiro atoms. The van der Waals surface area contributed by atoms with Crippen LogP contribution in [0.1, 0.15) is 12.6 Å². The first-order valence-electron chi connectivity index (χ1n) is 7.11. The van der Waals surface area contributed by atoms with Gasteiger partial charge in [0, 0.05) is 45.6 Å². The molecule has 1 atom stereocenters. The van der Waals surface area contributed by atoms with E-state index in [-0.39, 0.29) is 6.04 Å². The molecule has 2 rings (SSSR count). The molecule has 2 aromatic heterocycles. The molecule has 0 bridgehead atoms. The van der Waals surface area contributed by atoms with Gasteiger partial charge in [-0.15, -0.1) is 0 Å². The zero-order valence-corrected chi connectivity index (χ0v) is 12.8. The van der Waals surface area contributed by atoms with E-state index in [1.807, 2.05) is 28.8 Å². The summed E-state index contributed by atoms with van der Waals surface area (Å²) in [6.45, 7) is 3.48. The number of aromatic nitrogens is 2. The summed E-state index contributed by atoms with van der Waals surface area (Å²) in [5.41, 5.74) is 2.04. The molecule has 2 aromatic rings. The second kappa shape index (κ2) is 7.64. The van der Waals surface area contributed by atoms with Gasteiger partial charge < -0.3 is 19.8 Å². The highest BCUT2D eigenvalue weighted by atomic mass is 16.5. The third-order valence-electron chi connectivity index (χ3n) is 3.11. The van der Waals surface area contributed by atoms with Gasteiger partial charge in [0.2, 0.25) is 0 Å². The maximum atomic E-state index is 5.10. The van der Waals surface area contributed by atoms with Crippen molar-refractivity contribution in [2.24, 2.45) is 4.99 Å². The smallest absolute Gasteiger partial charge is 0.191 e. The Labute approximate surface area is 125 Å². The lowest BCUT2D eigenvalue weighted by Crippen LogP contribution is -2.44. The Morgan fingerprint density at radius 3 is 3.05 bits per heavy atom. The van der Waals surface area contributed by atoms with Crippen molar-refractivity contribution < 1.29 is 4.74 Å². The molecule has 21 heavy (non-hydrogen) atoms. The molecule has 2 heterocycles. The number of hydrogen-bond acceptors (Lipinski definition) is 3. The fourth-order valence-corrected chi connectivity index (χ4v) is 2.14. The van der Waals surface area contributed by atoms with Crippen molar-refractivity contribution in [2.75, 3.05) is 27.3 Å². The first-order chi connectivity index (χ1) is 10.2. The molecule has 0 aliphatic carbocycles. The predicted octanol–water partition coefficient (Wildman–Crippen LogP) is 1.08. The number of rotatable bonds is 6. The number of nitrogens with zero attached hydrogens (tertiary/aromatic N) is 3. The van der Waals surface area contributed by atoms with E-state index in [1.165, 1.54) is 0 Å². The van der Waals surface area contributed by atoms with E-state index in [1.54, 1.807) is 14.2 Å². The largest absolute Gasteiger partial charge is 0.383 e. The number of fused-ring (bicyclic) bond motifs is 1. The minimum absolute atomic E-state index is 0.219. The molecule has 0 saturated heterocycles. The lowest BCUT2D eigenvalue weighted by Gasteiger charge is -2.16. The maximum Gasteiger partial charge on any atom is 0.191 e. The Kier molecular flexibility index (Phi) is 5.57. The molecule has 0 aromatic carbocycles. The first-order valence-corrected chi connectivity index (χ1v) is 7.11. The van der Waals surface area contributed by atoms with E-state index in [4.69, 9.17) is 4.74 Å². The molecule has 0 aliphatic heterocycles. The third kappa shape index (κ3) is 4.46. The molecule has 0 saturated carbocycles. The number of imidazole rings is 1. The van der Waals surface area contributed by atoms with Crippen LogP contribution in [0.3, 0.4) is 0 Å². The highest BCUT2D eigenvalue weighted by molar-refractivity contribution is 5.79. The molecule has 0 radical (unpaired) electrons. The summed E-state index contributed by atoms with van der Waals surface area (Å²) in [4.78, 5) is 8.77.